The van der Waals surface area contributed by atoms with Crippen molar-refractivity contribution in [1.29, 1.82) is 0 Å². The molecule has 0 bridgehead atoms. The van der Waals surface area contributed by atoms with Crippen LogP contribution in [0.1, 0.15) is 258 Å². The first-order valence-corrected chi connectivity index (χ1v) is 30.6. The molecule has 2 aliphatic rings. The first-order valence-electron chi connectivity index (χ1n) is 30.6. The molecule has 0 aromatic rings. The van der Waals surface area contributed by atoms with Crippen LogP contribution in [0.15, 0.2) is 24.3 Å². The van der Waals surface area contributed by atoms with Crippen LogP contribution in [-0.2, 0) is 23.7 Å². The summed E-state index contributed by atoms with van der Waals surface area (Å²) < 4.78 is 22.7. The van der Waals surface area contributed by atoms with E-state index in [0.717, 1.165) is 64.2 Å². The van der Waals surface area contributed by atoms with E-state index in [0.29, 0.717) is 6.42 Å². The summed E-state index contributed by atoms with van der Waals surface area (Å²) in [4.78, 5) is 13.2. The van der Waals surface area contributed by atoms with Crippen molar-refractivity contribution in [2.24, 2.45) is 0 Å². The molecular formula is C60H113NO13. The number of amides is 1. The summed E-state index contributed by atoms with van der Waals surface area (Å²) in [5.74, 6) is -0.249. The zero-order valence-corrected chi connectivity index (χ0v) is 46.8. The van der Waals surface area contributed by atoms with Crippen LogP contribution in [0.25, 0.3) is 0 Å². The van der Waals surface area contributed by atoms with Gasteiger partial charge in [-0.3, -0.25) is 4.79 Å². The van der Waals surface area contributed by atoms with E-state index >= 15 is 0 Å². The van der Waals surface area contributed by atoms with Gasteiger partial charge >= 0.3 is 0 Å². The van der Waals surface area contributed by atoms with Crippen molar-refractivity contribution in [3.05, 3.63) is 24.3 Å². The number of allylic oxidation sites excluding steroid dienone is 3. The predicted octanol–water partition coefficient (Wildman–Crippen LogP) is 10.4. The molecule has 2 fully saturated rings. The van der Waals surface area contributed by atoms with E-state index in [1.807, 2.05) is 6.08 Å². The van der Waals surface area contributed by atoms with Crippen LogP contribution in [0.5, 0.6) is 0 Å². The lowest BCUT2D eigenvalue weighted by atomic mass is 9.97. The standard InChI is InChI=1S/C60H113NO13/c1-3-5-7-9-11-13-15-16-17-18-19-20-21-22-23-24-25-26-27-28-29-30-31-32-33-34-35-37-39-41-43-49(64)48(61-52(65)44-42-40-38-36-14-12-10-8-6-4-2)47-71-59-57(70)55(68)58(51(46-63)73-59)74-60-56(69)54(67)53(66)50(45-62)72-60/h8,10,41,43,48-51,53-60,62-64,66-70H,3-7,9,11-40,42,44-47H2,1-2H3,(H,61,65)/b10-8-,43-41+. The number of carbonyl (C=O) groups is 1. The summed E-state index contributed by atoms with van der Waals surface area (Å²) in [5.41, 5.74) is 0. The smallest absolute Gasteiger partial charge is 0.220 e. The molecule has 12 unspecified atom stereocenters. The second kappa shape index (κ2) is 46.4. The summed E-state index contributed by atoms with van der Waals surface area (Å²) in [6.45, 7) is 2.74. The predicted molar refractivity (Wildman–Crippen MR) is 295 cm³/mol. The van der Waals surface area contributed by atoms with Crippen LogP contribution in [0.4, 0.5) is 0 Å². The number of nitrogens with one attached hydrogen (secondary N) is 1. The molecule has 0 aromatic carbocycles. The van der Waals surface area contributed by atoms with Crippen molar-refractivity contribution >= 4 is 5.91 Å². The Hall–Kier alpha value is -1.53. The van der Waals surface area contributed by atoms with Crippen molar-refractivity contribution < 1.29 is 64.6 Å². The van der Waals surface area contributed by atoms with Crippen LogP contribution >= 0.6 is 0 Å². The highest BCUT2D eigenvalue weighted by Crippen LogP contribution is 2.30. The van der Waals surface area contributed by atoms with E-state index in [2.05, 4.69) is 31.3 Å². The van der Waals surface area contributed by atoms with Crippen molar-refractivity contribution in [3.63, 3.8) is 0 Å². The minimum Gasteiger partial charge on any atom is -0.394 e. The summed E-state index contributed by atoms with van der Waals surface area (Å²) in [6.07, 6.45) is 38.3. The monoisotopic (exact) mass is 1060 g/mol. The third kappa shape index (κ3) is 31.8. The van der Waals surface area contributed by atoms with Gasteiger partial charge in [0.15, 0.2) is 12.6 Å². The van der Waals surface area contributed by atoms with Gasteiger partial charge < -0.3 is 65.1 Å². The van der Waals surface area contributed by atoms with Gasteiger partial charge in [0.2, 0.25) is 5.91 Å². The average molecular weight is 1060 g/mol. The maximum Gasteiger partial charge on any atom is 0.220 e. The second-order valence-corrected chi connectivity index (χ2v) is 21.8. The van der Waals surface area contributed by atoms with Crippen LogP contribution in [0, 0.1) is 0 Å². The second-order valence-electron chi connectivity index (χ2n) is 21.8. The molecule has 2 rings (SSSR count). The minimum absolute atomic E-state index is 0.249. The Morgan fingerprint density at radius 3 is 1.34 bits per heavy atom. The molecule has 436 valence electrons. The summed E-state index contributed by atoms with van der Waals surface area (Å²) >= 11 is 0. The number of carbonyl (C=O) groups excluding carboxylic acids is 1. The molecule has 74 heavy (non-hydrogen) atoms. The molecule has 0 aliphatic carbocycles. The highest BCUT2D eigenvalue weighted by molar-refractivity contribution is 5.76. The molecule has 9 N–H and O–H groups in total. The first kappa shape index (κ1) is 68.6. The fraction of sp³-hybridized carbons (Fsp3) is 0.917. The molecule has 0 radical (unpaired) electrons. The number of aliphatic hydroxyl groups excluding tert-OH is 8. The number of unbranched alkanes of at least 4 members (excludes halogenated alkanes) is 34. The van der Waals surface area contributed by atoms with Gasteiger partial charge in [-0.15, -0.1) is 0 Å². The van der Waals surface area contributed by atoms with Gasteiger partial charge in [0.25, 0.3) is 0 Å². The van der Waals surface area contributed by atoms with Gasteiger partial charge in [-0.1, -0.05) is 237 Å². The Balaban J connectivity index is 1.66. The summed E-state index contributed by atoms with van der Waals surface area (Å²) in [7, 11) is 0. The van der Waals surface area contributed by atoms with Crippen molar-refractivity contribution in [2.45, 2.75) is 331 Å². The number of ether oxygens (including phenoxy) is 4. The lowest BCUT2D eigenvalue weighted by Crippen LogP contribution is -2.65. The number of aliphatic hydroxyl groups is 8. The van der Waals surface area contributed by atoms with Gasteiger partial charge in [-0.2, -0.15) is 0 Å². The van der Waals surface area contributed by atoms with Gasteiger partial charge in [-0.05, 0) is 38.5 Å². The molecule has 0 spiro atoms. The quantitative estimate of drug-likeness (QED) is 0.0204. The third-order valence-electron chi connectivity index (χ3n) is 15.1. The Morgan fingerprint density at radius 2 is 0.878 bits per heavy atom. The minimum atomic E-state index is -1.79. The Morgan fingerprint density at radius 1 is 0.473 bits per heavy atom. The van der Waals surface area contributed by atoms with Gasteiger partial charge in [0, 0.05) is 6.42 Å². The largest absolute Gasteiger partial charge is 0.394 e. The number of hydrogen-bond donors (Lipinski definition) is 9. The molecular weight excluding hydrogens is 943 g/mol. The lowest BCUT2D eigenvalue weighted by Gasteiger charge is -2.46. The zero-order chi connectivity index (χ0) is 53.9. The number of hydrogen-bond acceptors (Lipinski definition) is 13. The normalized spacial score (nSPS) is 25.3. The molecule has 14 heteroatoms. The van der Waals surface area contributed by atoms with Crippen LogP contribution in [0.2, 0.25) is 0 Å². The lowest BCUT2D eigenvalue weighted by molar-refractivity contribution is -0.359. The maximum atomic E-state index is 13.2. The molecule has 14 nitrogen and oxygen atoms in total. The Bertz CT molecular complexity index is 1340. The van der Waals surface area contributed by atoms with E-state index in [9.17, 15) is 45.6 Å². The van der Waals surface area contributed by atoms with E-state index in [1.54, 1.807) is 6.08 Å². The topological polar surface area (TPSA) is 228 Å². The van der Waals surface area contributed by atoms with Gasteiger partial charge in [0.05, 0.1) is 32.0 Å². The fourth-order valence-electron chi connectivity index (χ4n) is 10.2. The Labute approximate surface area is 449 Å². The van der Waals surface area contributed by atoms with E-state index in [-0.39, 0.29) is 18.9 Å². The van der Waals surface area contributed by atoms with Crippen molar-refractivity contribution in [3.8, 4) is 0 Å². The van der Waals surface area contributed by atoms with Crippen LogP contribution < -0.4 is 5.32 Å². The molecule has 2 aliphatic heterocycles. The molecule has 2 heterocycles. The molecule has 0 aromatic heterocycles. The molecule has 12 atom stereocenters. The van der Waals surface area contributed by atoms with Crippen molar-refractivity contribution in [2.75, 3.05) is 19.8 Å². The zero-order valence-electron chi connectivity index (χ0n) is 46.8. The van der Waals surface area contributed by atoms with E-state index in [1.165, 1.54) is 167 Å². The third-order valence-corrected chi connectivity index (χ3v) is 15.1. The molecule has 0 saturated carbocycles. The summed E-state index contributed by atoms with van der Waals surface area (Å²) in [6, 6.07) is -0.916. The molecule has 1 amide bonds. The Kier molecular flexibility index (Phi) is 43.0. The van der Waals surface area contributed by atoms with E-state index in [4.69, 9.17) is 18.9 Å². The van der Waals surface area contributed by atoms with Crippen LogP contribution in [0.3, 0.4) is 0 Å². The van der Waals surface area contributed by atoms with Crippen LogP contribution in [-0.4, -0.2) is 140 Å². The highest BCUT2D eigenvalue weighted by Gasteiger charge is 2.51. The van der Waals surface area contributed by atoms with Gasteiger partial charge in [-0.25, -0.2) is 0 Å². The molecule has 2 saturated heterocycles. The van der Waals surface area contributed by atoms with Crippen molar-refractivity contribution in [1.82, 2.24) is 5.32 Å². The fourth-order valence-corrected chi connectivity index (χ4v) is 10.2. The number of rotatable bonds is 49. The van der Waals surface area contributed by atoms with E-state index < -0.39 is 86.8 Å². The maximum absolute atomic E-state index is 13.2. The first-order chi connectivity index (χ1) is 36.1. The average Bonchev–Trinajstić information content (AvgIpc) is 3.40. The highest BCUT2D eigenvalue weighted by atomic mass is 16.7. The SMILES string of the molecule is CCC/C=C\CCCCCCCC(=O)NC(COC1OC(CO)C(OC2OC(CO)C(O)C(O)C2O)C(O)C1O)C(O)/C=C/CCCCCCCCCCCCCCCCCCCCCCCCCCCCCC. The van der Waals surface area contributed by atoms with Gasteiger partial charge in [0.1, 0.15) is 48.8 Å². The summed E-state index contributed by atoms with van der Waals surface area (Å²) in [5, 5.41) is 86.9.